The van der Waals surface area contributed by atoms with Crippen LogP contribution in [0.15, 0.2) is 194 Å². The van der Waals surface area contributed by atoms with Crippen molar-refractivity contribution in [2.45, 2.75) is 91.1 Å². The average Bonchev–Trinajstić information content (AvgIpc) is 2.57. The summed E-state index contributed by atoms with van der Waals surface area (Å²) in [7, 11) is 2.12. The quantitative estimate of drug-likeness (QED) is 0.0851. The van der Waals surface area contributed by atoms with Gasteiger partial charge in [-0.2, -0.15) is 8.75 Å². The van der Waals surface area contributed by atoms with Gasteiger partial charge in [0, 0.05) is 52.7 Å². The summed E-state index contributed by atoms with van der Waals surface area (Å²) in [6, 6.07) is 73.1. The summed E-state index contributed by atoms with van der Waals surface area (Å²) in [5, 5.41) is 0. The molecule has 0 radical (unpaired) electrons. The smallest absolute Gasteiger partial charge is 0.145 e. The van der Waals surface area contributed by atoms with Crippen LogP contribution in [0.1, 0.15) is 108 Å². The van der Waals surface area contributed by atoms with Crippen LogP contribution in [0.25, 0.3) is 88.9 Å². The third-order valence-electron chi connectivity index (χ3n) is 19.3. The molecule has 0 saturated carbocycles. The largest absolute Gasteiger partial charge is 0.380 e. The van der Waals surface area contributed by atoms with Gasteiger partial charge >= 0.3 is 0 Å². The molecule has 5 nitrogen and oxygen atoms in total. The van der Waals surface area contributed by atoms with E-state index < -0.39 is 5.60 Å². The van der Waals surface area contributed by atoms with Gasteiger partial charge in [-0.1, -0.05) is 214 Å². The van der Waals surface area contributed by atoms with Crippen LogP contribution in [-0.2, 0) is 27.9 Å². The number of para-hydroxylation sites is 1. The first-order valence-corrected chi connectivity index (χ1v) is 31.5. The van der Waals surface area contributed by atoms with E-state index in [4.69, 9.17) is 18.2 Å². The molecule has 0 N–H and O–H groups in total. The number of nitrogens with zero attached hydrogens (tertiary/aromatic N) is 3. The molecule has 3 aliphatic carbocycles. The number of ether oxygens (including phenoxy) is 2. The van der Waals surface area contributed by atoms with Crippen molar-refractivity contribution >= 4 is 34.1 Å². The maximum Gasteiger partial charge on any atom is 0.145 e. The van der Waals surface area contributed by atoms with E-state index in [1.165, 1.54) is 184 Å². The van der Waals surface area contributed by atoms with E-state index in [0.717, 1.165) is 54.6 Å². The summed E-state index contributed by atoms with van der Waals surface area (Å²) in [5.74, 6) is 0. The monoisotopic (exact) mass is 1130 g/mol. The highest BCUT2D eigenvalue weighted by Gasteiger charge is 2.47. The summed E-state index contributed by atoms with van der Waals surface area (Å²) in [6.45, 7) is 11.6. The zero-order chi connectivity index (χ0) is 57.4. The highest BCUT2D eigenvalue weighted by molar-refractivity contribution is 7.00. The third-order valence-corrected chi connectivity index (χ3v) is 19.8. The first kappa shape index (κ1) is 53.5. The van der Waals surface area contributed by atoms with Crippen LogP contribution >= 0.6 is 11.7 Å². The molecule has 1 saturated heterocycles. The Morgan fingerprint density at radius 2 is 0.882 bits per heavy atom. The summed E-state index contributed by atoms with van der Waals surface area (Å²) in [5.41, 5.74) is 34.2. The predicted molar refractivity (Wildman–Crippen MR) is 353 cm³/mol. The molecular weight excluding hydrogens is 1050 g/mol. The average molecular weight is 1130 g/mol. The zero-order valence-electron chi connectivity index (χ0n) is 49.5. The lowest BCUT2D eigenvalue weighted by atomic mass is 9.80. The van der Waals surface area contributed by atoms with Gasteiger partial charge in [-0.05, 0) is 177 Å². The molecule has 420 valence electrons. The van der Waals surface area contributed by atoms with Crippen LogP contribution in [0.5, 0.6) is 0 Å². The zero-order valence-corrected chi connectivity index (χ0v) is 50.3. The number of benzene rings is 10. The highest BCUT2D eigenvalue weighted by atomic mass is 32.1. The molecule has 1 fully saturated rings. The molecule has 1 aromatic heterocycles. The van der Waals surface area contributed by atoms with Crippen molar-refractivity contribution in [1.29, 1.82) is 0 Å². The van der Waals surface area contributed by atoms with E-state index >= 15 is 0 Å². The molecule has 85 heavy (non-hydrogen) atoms. The first-order valence-electron chi connectivity index (χ1n) is 30.8. The fraction of sp³-hybridized carbons (Fsp3) is 0.241. The van der Waals surface area contributed by atoms with Gasteiger partial charge < -0.3 is 14.4 Å². The lowest BCUT2D eigenvalue weighted by Crippen LogP contribution is -2.39. The summed E-state index contributed by atoms with van der Waals surface area (Å²) >= 11 is 1.30. The van der Waals surface area contributed by atoms with E-state index in [0.29, 0.717) is 12.0 Å². The van der Waals surface area contributed by atoms with Gasteiger partial charge in [0.2, 0.25) is 0 Å². The number of rotatable bonds is 17. The Hall–Kier alpha value is -8.26. The van der Waals surface area contributed by atoms with E-state index in [1.54, 1.807) is 0 Å². The summed E-state index contributed by atoms with van der Waals surface area (Å²) in [6.07, 6.45) is 10.4. The van der Waals surface area contributed by atoms with E-state index in [2.05, 4.69) is 234 Å². The predicted octanol–water partition coefficient (Wildman–Crippen LogP) is 20.3. The molecule has 10 aromatic carbocycles. The molecule has 1 aliphatic heterocycles. The Balaban J connectivity index is 0.671. The van der Waals surface area contributed by atoms with Crippen molar-refractivity contribution in [1.82, 2.24) is 8.75 Å². The van der Waals surface area contributed by atoms with Gasteiger partial charge in [0.1, 0.15) is 16.6 Å². The first-order chi connectivity index (χ1) is 41.6. The molecule has 2 heterocycles. The molecule has 1 unspecified atom stereocenters. The van der Waals surface area contributed by atoms with Crippen LogP contribution in [0, 0.1) is 26.2 Å². The van der Waals surface area contributed by atoms with Crippen molar-refractivity contribution < 1.29 is 9.47 Å². The maximum absolute atomic E-state index is 7.56. The minimum Gasteiger partial charge on any atom is -0.380 e. The van der Waals surface area contributed by atoms with Crippen LogP contribution in [0.4, 0.5) is 11.4 Å². The van der Waals surface area contributed by atoms with Crippen molar-refractivity contribution in [3.63, 3.8) is 0 Å². The molecule has 4 aliphatic rings. The Morgan fingerprint density at radius 1 is 0.435 bits per heavy atom. The van der Waals surface area contributed by atoms with Crippen LogP contribution in [0.3, 0.4) is 0 Å². The Morgan fingerprint density at radius 3 is 1.47 bits per heavy atom. The Bertz CT molecular complexity index is 4400. The lowest BCUT2D eigenvalue weighted by molar-refractivity contribution is -0.106. The number of anilines is 2. The molecule has 0 bridgehead atoms. The van der Waals surface area contributed by atoms with Gasteiger partial charge in [-0.15, -0.1) is 0 Å². The van der Waals surface area contributed by atoms with Gasteiger partial charge in [-0.3, -0.25) is 0 Å². The van der Waals surface area contributed by atoms with Gasteiger partial charge in [0.25, 0.3) is 0 Å². The SMILES string of the molecule is Cc1ccc(C)c(C2(OCCCCCCCCC3(C)COC3)c3cc(C)ccc3-c3ccc(-c4ccc5c(c4)Cc4cc(-c6ccc(-c7ccc8c(c7)Cc7cc(-c9ccc(N(C)c%10ccccc%10)cc9)ccc7-8)c7nsnc67)ccc4-5)cc32)c1. The van der Waals surface area contributed by atoms with Gasteiger partial charge in [0.15, 0.2) is 0 Å². The maximum atomic E-state index is 7.56. The van der Waals surface area contributed by atoms with Crippen molar-refractivity contribution in [3.8, 4) is 77.9 Å². The molecule has 11 aromatic rings. The fourth-order valence-electron chi connectivity index (χ4n) is 14.5. The number of hydrogen-bond acceptors (Lipinski definition) is 6. The van der Waals surface area contributed by atoms with Crippen LogP contribution in [-0.4, -0.2) is 35.6 Å². The minimum absolute atomic E-state index is 0.412. The van der Waals surface area contributed by atoms with Crippen molar-refractivity contribution in [3.05, 3.63) is 250 Å². The van der Waals surface area contributed by atoms with Gasteiger partial charge in [-0.25, -0.2) is 0 Å². The molecular formula is C79H71N3O2S. The van der Waals surface area contributed by atoms with Crippen LogP contribution in [0.2, 0.25) is 0 Å². The molecule has 15 rings (SSSR count). The number of fused-ring (bicyclic) bond motifs is 10. The van der Waals surface area contributed by atoms with E-state index in [1.807, 2.05) is 0 Å². The van der Waals surface area contributed by atoms with E-state index in [9.17, 15) is 0 Å². The fourth-order valence-corrected chi connectivity index (χ4v) is 15.1. The van der Waals surface area contributed by atoms with Crippen molar-refractivity contribution in [2.75, 3.05) is 31.8 Å². The third kappa shape index (κ3) is 9.54. The summed E-state index contributed by atoms with van der Waals surface area (Å²) in [4.78, 5) is 2.23. The molecule has 1 atom stereocenters. The molecule has 0 amide bonds. The Kier molecular flexibility index (Phi) is 13.6. The number of aromatic nitrogens is 2. The highest BCUT2D eigenvalue weighted by Crippen LogP contribution is 2.56. The number of aryl methyl sites for hydroxylation is 3. The Labute approximate surface area is 505 Å². The molecule has 6 heteroatoms. The number of unbranched alkanes of at least 4 members (excludes halogenated alkanes) is 5. The van der Waals surface area contributed by atoms with Crippen molar-refractivity contribution in [2.24, 2.45) is 5.41 Å². The molecule has 0 spiro atoms. The normalized spacial score (nSPS) is 15.7. The topological polar surface area (TPSA) is 47.5 Å². The van der Waals surface area contributed by atoms with Crippen LogP contribution < -0.4 is 4.90 Å². The van der Waals surface area contributed by atoms with Gasteiger partial charge in [0.05, 0.1) is 24.9 Å². The second-order valence-electron chi connectivity index (χ2n) is 25.2. The standard InChI is InChI=1S/C79H71N3O2S/c1-50-17-19-52(3)73(39-50)79(84-38-14-9-7-6-8-13-37-78(4)48-83-49-78)74-40-51(2)18-29-71(74)72-34-24-56(47-75(72)79)55-23-31-66-60(42-55)46-62-44-58(26-33-68(62)66)70-36-35-69(76-77(70)81-85-80-76)57-25-32-67-61(43-57)45-59-41-54(22-30-65(59)67)53-20-27-64(28-21-53)82(5)63-15-11-10-12-16-63/h10-12,15-36,39-44,47H,6-9,13-14,37-38,45-46,48-49H2,1-5H3. The minimum atomic E-state index is -0.724. The number of hydrogen-bond donors (Lipinski definition) is 0. The second-order valence-corrected chi connectivity index (χ2v) is 25.8. The van der Waals surface area contributed by atoms with E-state index in [-0.39, 0.29) is 0 Å². The second kappa shape index (κ2) is 21.7. The summed E-state index contributed by atoms with van der Waals surface area (Å²) < 4.78 is 23.0. The lowest BCUT2D eigenvalue weighted by Gasteiger charge is -2.38.